The standard InChI is InChI=1S/C24H24F3N5O3/c1-15-7-9-18(10-8-15)32-21(34)13-28-22(30-32)23(35)29-19(14-31-11-3-6-20(31)33)16-4-2-5-17(12-16)24(25,26)27/h2,4-5,7-10,12,19H,3,6,11,13-14H2,1H3,(H,28,30)(H,29,35). The summed E-state index contributed by atoms with van der Waals surface area (Å²) in [6, 6.07) is 10.8. The normalized spacial score (nSPS) is 17.2. The number of nitrogens with zero attached hydrogens (tertiary/aromatic N) is 3. The molecule has 2 heterocycles. The van der Waals surface area contributed by atoms with Gasteiger partial charge in [-0.25, -0.2) is 5.01 Å². The lowest BCUT2D eigenvalue weighted by Crippen LogP contribution is -2.56. The van der Waals surface area contributed by atoms with E-state index >= 15 is 0 Å². The van der Waals surface area contributed by atoms with Crippen LogP contribution in [0.1, 0.15) is 35.6 Å². The summed E-state index contributed by atoms with van der Waals surface area (Å²) in [6.45, 7) is 2.09. The third-order valence-corrected chi connectivity index (χ3v) is 5.84. The number of carbonyl (C=O) groups is 3. The van der Waals surface area contributed by atoms with Crippen LogP contribution in [0.4, 0.5) is 18.9 Å². The smallest absolute Gasteiger partial charge is 0.341 e. The number of aliphatic imine (C=N–C) groups is 1. The maximum absolute atomic E-state index is 13.3. The highest BCUT2D eigenvalue weighted by atomic mass is 19.4. The molecule has 11 heteroatoms. The topological polar surface area (TPSA) is 94.1 Å². The van der Waals surface area contributed by atoms with Crippen LogP contribution < -0.4 is 15.8 Å². The molecule has 0 bridgehead atoms. The molecule has 0 radical (unpaired) electrons. The van der Waals surface area contributed by atoms with Gasteiger partial charge in [-0.05, 0) is 43.2 Å². The van der Waals surface area contributed by atoms with Gasteiger partial charge in [0.15, 0.2) is 0 Å². The number of hydrogen-bond donors (Lipinski definition) is 2. The van der Waals surface area contributed by atoms with Crippen molar-refractivity contribution in [1.29, 1.82) is 0 Å². The Hall–Kier alpha value is -3.89. The van der Waals surface area contributed by atoms with E-state index in [4.69, 9.17) is 0 Å². The summed E-state index contributed by atoms with van der Waals surface area (Å²) in [5, 5.41) is 3.89. The van der Waals surface area contributed by atoms with Crippen molar-refractivity contribution >= 4 is 29.2 Å². The van der Waals surface area contributed by atoms with Crippen molar-refractivity contribution in [3.63, 3.8) is 0 Å². The molecule has 1 unspecified atom stereocenters. The predicted octanol–water partition coefficient (Wildman–Crippen LogP) is 2.74. The molecule has 2 aliphatic heterocycles. The zero-order valence-corrected chi connectivity index (χ0v) is 18.9. The molecule has 0 aromatic heterocycles. The van der Waals surface area contributed by atoms with Gasteiger partial charge in [-0.1, -0.05) is 29.8 Å². The predicted molar refractivity (Wildman–Crippen MR) is 122 cm³/mol. The fraction of sp³-hybridized carbons (Fsp3) is 0.333. The van der Waals surface area contributed by atoms with E-state index in [0.717, 1.165) is 17.7 Å². The number of carbonyl (C=O) groups excluding carboxylic acids is 3. The molecule has 1 atom stereocenters. The molecule has 1 fully saturated rings. The highest BCUT2D eigenvalue weighted by Crippen LogP contribution is 2.31. The van der Waals surface area contributed by atoms with Gasteiger partial charge in [-0.2, -0.15) is 13.2 Å². The molecule has 0 spiro atoms. The van der Waals surface area contributed by atoms with Crippen LogP contribution in [0.5, 0.6) is 0 Å². The highest BCUT2D eigenvalue weighted by Gasteiger charge is 2.33. The Morgan fingerprint density at radius 3 is 2.54 bits per heavy atom. The number of halogens is 3. The van der Waals surface area contributed by atoms with Gasteiger partial charge >= 0.3 is 6.18 Å². The summed E-state index contributed by atoms with van der Waals surface area (Å²) in [5.74, 6) is -1.36. The lowest BCUT2D eigenvalue weighted by Gasteiger charge is -2.30. The minimum absolute atomic E-state index is 0.0137. The van der Waals surface area contributed by atoms with Crippen LogP contribution in [0.3, 0.4) is 0 Å². The molecule has 184 valence electrons. The minimum atomic E-state index is -4.56. The molecule has 35 heavy (non-hydrogen) atoms. The Morgan fingerprint density at radius 1 is 1.14 bits per heavy atom. The third-order valence-electron chi connectivity index (χ3n) is 5.84. The number of hydrogen-bond acceptors (Lipinski definition) is 5. The van der Waals surface area contributed by atoms with E-state index in [1.54, 1.807) is 12.1 Å². The second kappa shape index (κ2) is 9.77. The molecule has 2 aromatic rings. The first-order valence-electron chi connectivity index (χ1n) is 11.1. The molecule has 4 rings (SSSR count). The second-order valence-corrected chi connectivity index (χ2v) is 8.43. The molecular formula is C24H24F3N5O3. The Bertz CT molecular complexity index is 1160. The van der Waals surface area contributed by atoms with E-state index in [2.05, 4.69) is 15.7 Å². The molecule has 3 amide bonds. The number of amides is 3. The van der Waals surface area contributed by atoms with Gasteiger partial charge in [0, 0.05) is 19.5 Å². The van der Waals surface area contributed by atoms with E-state index in [0.29, 0.717) is 25.1 Å². The van der Waals surface area contributed by atoms with Crippen LogP contribution in [0.25, 0.3) is 0 Å². The largest absolute Gasteiger partial charge is 0.416 e. The molecule has 2 aliphatic rings. The quantitative estimate of drug-likeness (QED) is 0.655. The molecule has 0 aliphatic carbocycles. The summed E-state index contributed by atoms with van der Waals surface area (Å²) in [4.78, 5) is 43.1. The van der Waals surface area contributed by atoms with Crippen LogP contribution in [0, 0.1) is 6.92 Å². The zero-order valence-electron chi connectivity index (χ0n) is 18.9. The molecule has 8 nitrogen and oxygen atoms in total. The van der Waals surface area contributed by atoms with Crippen LogP contribution in [-0.2, 0) is 20.6 Å². The number of alkyl halides is 3. The van der Waals surface area contributed by atoms with Crippen LogP contribution in [0.15, 0.2) is 53.5 Å². The zero-order chi connectivity index (χ0) is 25.2. The van der Waals surface area contributed by atoms with Crippen molar-refractivity contribution in [2.24, 2.45) is 4.99 Å². The average molecular weight is 487 g/mol. The van der Waals surface area contributed by atoms with Gasteiger partial charge in [-0.15, -0.1) is 0 Å². The van der Waals surface area contributed by atoms with Crippen molar-refractivity contribution in [3.05, 3.63) is 65.2 Å². The number of amidine groups is 1. The lowest BCUT2D eigenvalue weighted by atomic mass is 10.0. The van der Waals surface area contributed by atoms with Gasteiger partial charge < -0.3 is 10.2 Å². The average Bonchev–Trinajstić information content (AvgIpc) is 3.23. The Morgan fingerprint density at radius 2 is 1.89 bits per heavy atom. The van der Waals surface area contributed by atoms with Crippen molar-refractivity contribution in [1.82, 2.24) is 15.6 Å². The summed E-state index contributed by atoms with van der Waals surface area (Å²) in [6.07, 6.45) is -3.56. The number of hydrazine groups is 1. The lowest BCUT2D eigenvalue weighted by molar-refractivity contribution is -0.137. The van der Waals surface area contributed by atoms with E-state index in [9.17, 15) is 27.6 Å². The number of aryl methyl sites for hydroxylation is 1. The Balaban J connectivity index is 1.56. The van der Waals surface area contributed by atoms with E-state index < -0.39 is 23.7 Å². The number of likely N-dealkylation sites (tertiary alicyclic amines) is 1. The summed E-state index contributed by atoms with van der Waals surface area (Å²) >= 11 is 0. The van der Waals surface area contributed by atoms with Crippen LogP contribution in [-0.4, -0.2) is 48.1 Å². The monoisotopic (exact) mass is 487 g/mol. The molecule has 2 aromatic carbocycles. The van der Waals surface area contributed by atoms with Crippen LogP contribution in [0.2, 0.25) is 0 Å². The van der Waals surface area contributed by atoms with Gasteiger partial charge in [0.25, 0.3) is 11.8 Å². The van der Waals surface area contributed by atoms with E-state index in [-0.39, 0.29) is 36.3 Å². The first-order chi connectivity index (χ1) is 16.6. The SMILES string of the molecule is Cc1ccc(N2NC(C(=O)NC(CN3CCCC3=O)c3cccc(C(F)(F)F)c3)=NCC2=O)cc1. The fourth-order valence-electron chi connectivity index (χ4n) is 3.96. The molecule has 2 N–H and O–H groups in total. The number of nitrogens with one attached hydrogen (secondary N) is 2. The minimum Gasteiger partial charge on any atom is -0.341 e. The summed E-state index contributed by atoms with van der Waals surface area (Å²) in [7, 11) is 0. The Labute approximate surface area is 199 Å². The molecule has 0 saturated carbocycles. The fourth-order valence-corrected chi connectivity index (χ4v) is 3.96. The maximum atomic E-state index is 13.3. The van der Waals surface area contributed by atoms with Crippen molar-refractivity contribution in [2.75, 3.05) is 24.6 Å². The number of benzene rings is 2. The first kappa shape index (κ1) is 24.2. The molecular weight excluding hydrogens is 463 g/mol. The van der Waals surface area contributed by atoms with Gasteiger partial charge in [0.1, 0.15) is 6.54 Å². The van der Waals surface area contributed by atoms with Gasteiger partial charge in [0.05, 0.1) is 17.3 Å². The Kier molecular flexibility index (Phi) is 6.77. The van der Waals surface area contributed by atoms with Crippen LogP contribution >= 0.6 is 0 Å². The second-order valence-electron chi connectivity index (χ2n) is 8.43. The van der Waals surface area contributed by atoms with E-state index in [1.165, 1.54) is 22.0 Å². The summed E-state index contributed by atoms with van der Waals surface area (Å²) < 4.78 is 39.9. The van der Waals surface area contributed by atoms with Crippen molar-refractivity contribution in [3.8, 4) is 0 Å². The highest BCUT2D eigenvalue weighted by molar-refractivity contribution is 6.39. The van der Waals surface area contributed by atoms with Gasteiger partial charge in [0.2, 0.25) is 11.7 Å². The number of anilines is 1. The third kappa shape index (κ3) is 5.61. The number of rotatable bonds is 6. The van der Waals surface area contributed by atoms with Crippen molar-refractivity contribution < 1.29 is 27.6 Å². The first-order valence-corrected chi connectivity index (χ1v) is 11.1. The molecule has 1 saturated heterocycles. The summed E-state index contributed by atoms with van der Waals surface area (Å²) in [5.41, 5.74) is 3.55. The maximum Gasteiger partial charge on any atom is 0.416 e. The van der Waals surface area contributed by atoms with Gasteiger partial charge in [-0.3, -0.25) is 24.8 Å². The van der Waals surface area contributed by atoms with Crippen molar-refractivity contribution in [2.45, 2.75) is 32.0 Å². The van der Waals surface area contributed by atoms with E-state index in [1.807, 2.05) is 19.1 Å².